The van der Waals surface area contributed by atoms with Crippen LogP contribution in [0, 0.1) is 5.92 Å². The normalized spacial score (nSPS) is 27.2. The van der Waals surface area contributed by atoms with Gasteiger partial charge in [-0.05, 0) is 25.3 Å². The van der Waals surface area contributed by atoms with E-state index in [-0.39, 0.29) is 12.0 Å². The minimum atomic E-state index is -1.02. The zero-order valence-corrected chi connectivity index (χ0v) is 12.7. The predicted molar refractivity (Wildman–Crippen MR) is 77.1 cm³/mol. The number of rotatable bonds is 5. The van der Waals surface area contributed by atoms with Crippen molar-refractivity contribution in [1.29, 1.82) is 0 Å². The average molecular weight is 299 g/mol. The smallest absolute Gasteiger partial charge is 0.326 e. The number of morpholine rings is 1. The second-order valence-electron chi connectivity index (χ2n) is 6.16. The van der Waals surface area contributed by atoms with Crippen molar-refractivity contribution in [2.24, 2.45) is 5.92 Å². The van der Waals surface area contributed by atoms with Crippen LogP contribution in [0.1, 0.15) is 26.7 Å². The lowest BCUT2D eigenvalue weighted by atomic mass is 10.1. The van der Waals surface area contributed by atoms with Gasteiger partial charge in [-0.2, -0.15) is 0 Å². The maximum Gasteiger partial charge on any atom is 0.326 e. The van der Waals surface area contributed by atoms with Crippen LogP contribution in [0.2, 0.25) is 0 Å². The molecular weight excluding hydrogens is 274 g/mol. The van der Waals surface area contributed by atoms with E-state index in [1.165, 1.54) is 12.8 Å². The van der Waals surface area contributed by atoms with E-state index in [0.29, 0.717) is 12.6 Å². The molecule has 0 aliphatic carbocycles. The second-order valence-corrected chi connectivity index (χ2v) is 6.16. The molecule has 0 saturated carbocycles. The highest BCUT2D eigenvalue weighted by Crippen LogP contribution is 2.22. The number of ether oxygens (including phenoxy) is 1. The molecule has 2 aliphatic rings. The molecule has 0 aromatic carbocycles. The van der Waals surface area contributed by atoms with E-state index >= 15 is 0 Å². The fourth-order valence-electron chi connectivity index (χ4n) is 2.92. The highest BCUT2D eigenvalue weighted by molar-refractivity contribution is 5.82. The van der Waals surface area contributed by atoms with Crippen LogP contribution in [0.15, 0.2) is 0 Å². The third-order valence-electron chi connectivity index (χ3n) is 4.17. The van der Waals surface area contributed by atoms with Gasteiger partial charge in [-0.25, -0.2) is 9.59 Å². The van der Waals surface area contributed by atoms with Gasteiger partial charge in [-0.15, -0.1) is 0 Å². The molecule has 0 bridgehead atoms. The lowest BCUT2D eigenvalue weighted by Gasteiger charge is -2.35. The van der Waals surface area contributed by atoms with Crippen molar-refractivity contribution in [2.75, 3.05) is 26.2 Å². The number of urea groups is 1. The van der Waals surface area contributed by atoms with Gasteiger partial charge in [-0.3, -0.25) is 4.90 Å². The molecule has 0 aromatic heterocycles. The van der Waals surface area contributed by atoms with Crippen molar-refractivity contribution in [3.05, 3.63) is 0 Å². The first-order valence-electron chi connectivity index (χ1n) is 7.60. The van der Waals surface area contributed by atoms with Gasteiger partial charge in [-0.1, -0.05) is 13.8 Å². The Bertz CT molecular complexity index is 388. The molecule has 0 radical (unpaired) electrons. The van der Waals surface area contributed by atoms with E-state index in [4.69, 9.17) is 9.84 Å². The Morgan fingerprint density at radius 3 is 2.86 bits per heavy atom. The number of carboxylic acid groups (broad SMARTS) is 1. The highest BCUT2D eigenvalue weighted by atomic mass is 16.5. The first-order valence-corrected chi connectivity index (χ1v) is 7.60. The van der Waals surface area contributed by atoms with E-state index in [9.17, 15) is 9.59 Å². The molecule has 120 valence electrons. The molecule has 2 fully saturated rings. The molecule has 7 heteroatoms. The second kappa shape index (κ2) is 7.09. The van der Waals surface area contributed by atoms with Gasteiger partial charge in [0.1, 0.15) is 6.04 Å². The maximum atomic E-state index is 11.8. The van der Waals surface area contributed by atoms with Crippen molar-refractivity contribution >= 4 is 12.0 Å². The summed E-state index contributed by atoms with van der Waals surface area (Å²) >= 11 is 0. The van der Waals surface area contributed by atoms with Gasteiger partial charge in [0.25, 0.3) is 0 Å². The van der Waals surface area contributed by atoms with Gasteiger partial charge in [0.05, 0.1) is 12.7 Å². The van der Waals surface area contributed by atoms with Crippen molar-refractivity contribution in [1.82, 2.24) is 15.5 Å². The van der Waals surface area contributed by atoms with Gasteiger partial charge >= 0.3 is 12.0 Å². The van der Waals surface area contributed by atoms with Crippen molar-refractivity contribution < 1.29 is 19.4 Å². The molecule has 2 amide bonds. The lowest BCUT2D eigenvalue weighted by molar-refractivity contribution is -0.140. The fourth-order valence-corrected chi connectivity index (χ4v) is 2.92. The molecule has 21 heavy (non-hydrogen) atoms. The summed E-state index contributed by atoms with van der Waals surface area (Å²) < 4.78 is 5.74. The summed E-state index contributed by atoms with van der Waals surface area (Å²) in [5, 5.41) is 14.2. The topological polar surface area (TPSA) is 90.9 Å². The van der Waals surface area contributed by atoms with E-state index in [0.717, 1.165) is 19.7 Å². The monoisotopic (exact) mass is 299 g/mol. The quantitative estimate of drug-likeness (QED) is 0.677. The number of hydrogen-bond donors (Lipinski definition) is 3. The zero-order valence-electron chi connectivity index (χ0n) is 12.7. The summed E-state index contributed by atoms with van der Waals surface area (Å²) in [7, 11) is 0. The summed E-state index contributed by atoms with van der Waals surface area (Å²) in [5.74, 6) is -1.18. The van der Waals surface area contributed by atoms with Crippen LogP contribution in [-0.4, -0.2) is 66.4 Å². The molecule has 7 nitrogen and oxygen atoms in total. The minimum Gasteiger partial charge on any atom is -0.480 e. The van der Waals surface area contributed by atoms with Crippen LogP contribution in [0.4, 0.5) is 4.79 Å². The van der Waals surface area contributed by atoms with Crippen molar-refractivity contribution in [2.45, 2.75) is 44.9 Å². The summed E-state index contributed by atoms with van der Waals surface area (Å²) in [4.78, 5) is 25.2. The standard InChI is InChI=1S/C14H25N3O4/c1-9(2)12(13(18)19)16-14(20)15-6-11-7-17-5-3-4-10(17)8-21-11/h9-12H,3-8H2,1-2H3,(H,18,19)(H2,15,16,20). The zero-order chi connectivity index (χ0) is 15.4. The van der Waals surface area contributed by atoms with Crippen LogP contribution in [0.5, 0.6) is 0 Å². The Hall–Kier alpha value is -1.34. The molecule has 3 N–H and O–H groups in total. The number of aliphatic carboxylic acids is 1. The first kappa shape index (κ1) is 16.0. The number of fused-ring (bicyclic) bond motifs is 1. The van der Waals surface area contributed by atoms with E-state index in [1.54, 1.807) is 13.8 Å². The van der Waals surface area contributed by atoms with Crippen molar-refractivity contribution in [3.63, 3.8) is 0 Å². The van der Waals surface area contributed by atoms with E-state index in [1.807, 2.05) is 0 Å². The molecule has 2 heterocycles. The van der Waals surface area contributed by atoms with Gasteiger partial charge in [0, 0.05) is 19.1 Å². The molecule has 3 unspecified atom stereocenters. The van der Waals surface area contributed by atoms with Crippen LogP contribution >= 0.6 is 0 Å². The number of carbonyl (C=O) groups excluding carboxylic acids is 1. The molecule has 0 aromatic rings. The Balaban J connectivity index is 1.72. The van der Waals surface area contributed by atoms with Crippen LogP contribution in [0.3, 0.4) is 0 Å². The third-order valence-corrected chi connectivity index (χ3v) is 4.17. The molecule has 2 saturated heterocycles. The number of hydrogen-bond acceptors (Lipinski definition) is 4. The summed E-state index contributed by atoms with van der Waals surface area (Å²) in [6, 6.07) is -0.795. The Morgan fingerprint density at radius 2 is 2.19 bits per heavy atom. The highest BCUT2D eigenvalue weighted by Gasteiger charge is 2.32. The molecule has 2 aliphatic heterocycles. The lowest BCUT2D eigenvalue weighted by Crippen LogP contribution is -2.53. The Kier molecular flexibility index (Phi) is 5.41. The molecule has 2 rings (SSSR count). The first-order chi connectivity index (χ1) is 9.97. The maximum absolute atomic E-state index is 11.8. The number of nitrogens with one attached hydrogen (secondary N) is 2. The van der Waals surface area contributed by atoms with E-state index in [2.05, 4.69) is 15.5 Å². The Labute approximate surface area is 125 Å². The number of nitrogens with zero attached hydrogens (tertiary/aromatic N) is 1. The fraction of sp³-hybridized carbons (Fsp3) is 0.857. The minimum absolute atomic E-state index is 0.0209. The summed E-state index contributed by atoms with van der Waals surface area (Å²) in [6.45, 7) is 6.58. The number of carbonyl (C=O) groups is 2. The molecule has 0 spiro atoms. The van der Waals surface area contributed by atoms with E-state index < -0.39 is 18.0 Å². The average Bonchev–Trinajstić information content (AvgIpc) is 2.89. The largest absolute Gasteiger partial charge is 0.480 e. The van der Waals surface area contributed by atoms with Gasteiger partial charge in [0.2, 0.25) is 0 Å². The van der Waals surface area contributed by atoms with Crippen LogP contribution in [-0.2, 0) is 9.53 Å². The van der Waals surface area contributed by atoms with Crippen LogP contribution in [0.25, 0.3) is 0 Å². The summed E-state index contributed by atoms with van der Waals surface area (Å²) in [5.41, 5.74) is 0. The molecular formula is C14H25N3O4. The predicted octanol–water partition coefficient (Wildman–Crippen LogP) is 0.258. The van der Waals surface area contributed by atoms with Gasteiger partial charge in [0.15, 0.2) is 0 Å². The van der Waals surface area contributed by atoms with Crippen LogP contribution < -0.4 is 10.6 Å². The number of carboxylic acids is 1. The molecule has 3 atom stereocenters. The number of amides is 2. The van der Waals surface area contributed by atoms with Gasteiger partial charge < -0.3 is 20.5 Å². The summed E-state index contributed by atoms with van der Waals surface area (Å²) in [6.07, 6.45) is 2.38. The Morgan fingerprint density at radius 1 is 1.43 bits per heavy atom. The SMILES string of the molecule is CC(C)C(NC(=O)NCC1CN2CCCC2CO1)C(=O)O. The van der Waals surface area contributed by atoms with Crippen molar-refractivity contribution in [3.8, 4) is 0 Å². The third kappa shape index (κ3) is 4.31.